The Balaban J connectivity index is 0.00000112. The number of hydrogen-bond donors (Lipinski definition) is 1. The molecule has 1 saturated heterocycles. The number of nitrogens with one attached hydrogen (secondary N) is 1. The van der Waals surface area contributed by atoms with Crippen LogP contribution in [0.2, 0.25) is 0 Å². The summed E-state index contributed by atoms with van der Waals surface area (Å²) in [5.74, 6) is 0.419. The van der Waals surface area contributed by atoms with Crippen molar-refractivity contribution < 1.29 is 8.42 Å². The van der Waals surface area contributed by atoms with Gasteiger partial charge in [-0.3, -0.25) is 4.68 Å². The fourth-order valence-electron chi connectivity index (χ4n) is 1.62. The Morgan fingerprint density at radius 1 is 1.50 bits per heavy atom. The Morgan fingerprint density at radius 2 is 2.19 bits per heavy atom. The minimum atomic E-state index is -2.87. The quantitative estimate of drug-likeness (QED) is 0.808. The van der Waals surface area contributed by atoms with Crippen molar-refractivity contribution in [3.63, 3.8) is 0 Å². The van der Waals surface area contributed by atoms with Gasteiger partial charge >= 0.3 is 0 Å². The van der Waals surface area contributed by atoms with Crippen molar-refractivity contribution in [2.75, 3.05) is 18.1 Å². The van der Waals surface area contributed by atoms with Crippen molar-refractivity contribution in [1.82, 2.24) is 15.1 Å². The molecule has 1 aromatic heterocycles. The van der Waals surface area contributed by atoms with E-state index in [-0.39, 0.29) is 42.4 Å². The molecule has 5 nitrogen and oxygen atoms in total. The number of aryl methyl sites for hydroxylation is 1. The van der Waals surface area contributed by atoms with Crippen LogP contribution in [0, 0.1) is 0 Å². The Labute approximate surface area is 107 Å². The Morgan fingerprint density at radius 3 is 2.69 bits per heavy atom. The van der Waals surface area contributed by atoms with Crippen molar-refractivity contribution in [3.05, 3.63) is 18.0 Å². The molecule has 0 bridgehead atoms. The number of rotatable bonds is 1. The zero-order valence-electron chi connectivity index (χ0n) is 8.79. The van der Waals surface area contributed by atoms with Crippen molar-refractivity contribution in [2.24, 2.45) is 7.05 Å². The number of hydrogen-bond acceptors (Lipinski definition) is 4. The van der Waals surface area contributed by atoms with Crippen LogP contribution in [0.5, 0.6) is 0 Å². The van der Waals surface area contributed by atoms with E-state index in [4.69, 9.17) is 0 Å². The smallest absolute Gasteiger partial charge is 0.153 e. The monoisotopic (exact) mass is 287 g/mol. The fraction of sp³-hybridized carbons (Fsp3) is 0.625. The Hall–Kier alpha value is -0.300. The van der Waals surface area contributed by atoms with E-state index >= 15 is 0 Å². The number of sulfone groups is 1. The van der Waals surface area contributed by atoms with E-state index in [1.165, 1.54) is 0 Å². The molecular formula is C8H15Cl2N3O2S. The number of halogens is 2. The van der Waals surface area contributed by atoms with Crippen molar-refractivity contribution in [1.29, 1.82) is 0 Å². The molecule has 1 atom stereocenters. The molecule has 0 amide bonds. The van der Waals surface area contributed by atoms with Gasteiger partial charge in [-0.2, -0.15) is 5.10 Å². The zero-order chi connectivity index (χ0) is 10.2. The molecule has 8 heteroatoms. The van der Waals surface area contributed by atoms with E-state index in [2.05, 4.69) is 10.4 Å². The predicted molar refractivity (Wildman–Crippen MR) is 67.1 cm³/mol. The van der Waals surface area contributed by atoms with Crippen LogP contribution in [0.4, 0.5) is 0 Å². The van der Waals surface area contributed by atoms with Gasteiger partial charge < -0.3 is 5.32 Å². The first-order valence-corrected chi connectivity index (χ1v) is 6.31. The van der Waals surface area contributed by atoms with Gasteiger partial charge in [0.25, 0.3) is 0 Å². The largest absolute Gasteiger partial charge is 0.308 e. The lowest BCUT2D eigenvalue weighted by atomic mass is 10.2. The summed E-state index contributed by atoms with van der Waals surface area (Å²) in [6.45, 7) is 0.530. The normalized spacial score (nSPS) is 22.9. The first-order chi connectivity index (χ1) is 6.57. The molecule has 1 fully saturated rings. The van der Waals surface area contributed by atoms with Gasteiger partial charge in [0.1, 0.15) is 0 Å². The maximum absolute atomic E-state index is 11.4. The van der Waals surface area contributed by atoms with Gasteiger partial charge in [-0.15, -0.1) is 24.8 Å². The van der Waals surface area contributed by atoms with Gasteiger partial charge in [0.15, 0.2) is 9.84 Å². The van der Waals surface area contributed by atoms with E-state index in [1.807, 2.05) is 13.2 Å². The summed E-state index contributed by atoms with van der Waals surface area (Å²) in [5.41, 5.74) is 0.941. The third-order valence-corrected chi connectivity index (χ3v) is 4.02. The molecule has 2 rings (SSSR count). The average molecular weight is 288 g/mol. The molecule has 0 saturated carbocycles. The summed E-state index contributed by atoms with van der Waals surface area (Å²) >= 11 is 0. The van der Waals surface area contributed by atoms with Gasteiger partial charge in [-0.05, 0) is 0 Å². The summed E-state index contributed by atoms with van der Waals surface area (Å²) in [4.78, 5) is 0. The van der Waals surface area contributed by atoms with E-state index in [9.17, 15) is 8.42 Å². The lowest BCUT2D eigenvalue weighted by molar-refractivity contribution is 0.530. The number of nitrogens with zero attached hydrogens (tertiary/aromatic N) is 2. The minimum Gasteiger partial charge on any atom is -0.308 e. The highest BCUT2D eigenvalue weighted by Gasteiger charge is 2.25. The summed E-state index contributed by atoms with van der Waals surface area (Å²) in [6, 6.07) is -0.0950. The Kier molecular flexibility index (Phi) is 5.75. The molecule has 0 spiro atoms. The van der Waals surface area contributed by atoms with Crippen LogP contribution in [0.15, 0.2) is 12.4 Å². The topological polar surface area (TPSA) is 64.0 Å². The van der Waals surface area contributed by atoms with E-state index in [1.54, 1.807) is 10.9 Å². The zero-order valence-corrected chi connectivity index (χ0v) is 11.2. The molecule has 1 N–H and O–H groups in total. The first-order valence-electron chi connectivity index (χ1n) is 4.49. The van der Waals surface area contributed by atoms with Crippen LogP contribution < -0.4 is 5.32 Å². The lowest BCUT2D eigenvalue weighted by Gasteiger charge is -2.22. The van der Waals surface area contributed by atoms with Crippen LogP contribution in [0.3, 0.4) is 0 Å². The van der Waals surface area contributed by atoms with E-state index < -0.39 is 9.84 Å². The molecule has 1 aliphatic rings. The van der Waals surface area contributed by atoms with Gasteiger partial charge in [0.05, 0.1) is 17.7 Å². The van der Waals surface area contributed by atoms with Gasteiger partial charge in [-0.25, -0.2) is 8.42 Å². The highest BCUT2D eigenvalue weighted by molar-refractivity contribution is 7.91. The third-order valence-electron chi connectivity index (χ3n) is 2.35. The molecule has 16 heavy (non-hydrogen) atoms. The standard InChI is InChI=1S/C8H13N3O2S.2ClH/c1-11-5-7(4-10-11)8-6-14(12,13)3-2-9-8;;/h4-5,8-9H,2-3,6H2,1H3;2*1H. The van der Waals surface area contributed by atoms with Crippen molar-refractivity contribution in [3.8, 4) is 0 Å². The second-order valence-corrected chi connectivity index (χ2v) is 5.80. The van der Waals surface area contributed by atoms with Crippen molar-refractivity contribution in [2.45, 2.75) is 6.04 Å². The fourth-order valence-corrected chi connectivity index (χ4v) is 3.03. The summed E-state index contributed by atoms with van der Waals surface area (Å²) in [7, 11) is -1.05. The van der Waals surface area contributed by atoms with E-state index in [0.717, 1.165) is 5.56 Å². The number of aromatic nitrogens is 2. The molecule has 0 aromatic carbocycles. The van der Waals surface area contributed by atoms with Gasteiger partial charge in [-0.1, -0.05) is 0 Å². The summed E-state index contributed by atoms with van der Waals surface area (Å²) in [5, 5.41) is 7.19. The van der Waals surface area contributed by atoms with Gasteiger partial charge in [0.2, 0.25) is 0 Å². The summed E-state index contributed by atoms with van der Waals surface area (Å²) in [6.07, 6.45) is 3.55. The van der Waals surface area contributed by atoms with Crippen LogP contribution in [0.25, 0.3) is 0 Å². The average Bonchev–Trinajstić information content (AvgIpc) is 2.50. The van der Waals surface area contributed by atoms with Crippen LogP contribution >= 0.6 is 24.8 Å². The highest BCUT2D eigenvalue weighted by Crippen LogP contribution is 2.17. The lowest BCUT2D eigenvalue weighted by Crippen LogP contribution is -2.38. The third kappa shape index (κ3) is 3.62. The molecule has 1 aromatic rings. The maximum atomic E-state index is 11.4. The Bertz CT molecular complexity index is 432. The maximum Gasteiger partial charge on any atom is 0.153 e. The van der Waals surface area contributed by atoms with Crippen LogP contribution in [-0.4, -0.2) is 36.2 Å². The molecule has 1 unspecified atom stereocenters. The molecule has 2 heterocycles. The second-order valence-electron chi connectivity index (χ2n) is 3.57. The minimum absolute atomic E-state index is 0. The summed E-state index contributed by atoms with van der Waals surface area (Å²) < 4.78 is 24.4. The highest BCUT2D eigenvalue weighted by atomic mass is 35.5. The predicted octanol–water partition coefficient (Wildman–Crippen LogP) is 0.323. The van der Waals surface area contributed by atoms with E-state index in [0.29, 0.717) is 6.54 Å². The molecule has 0 radical (unpaired) electrons. The SMILES string of the molecule is Cl.Cl.Cn1cc(C2CS(=O)(=O)CCN2)cn1. The molecule has 1 aliphatic heterocycles. The molecule has 94 valence electrons. The molecule has 0 aliphatic carbocycles. The first kappa shape index (κ1) is 15.7. The van der Waals surface area contributed by atoms with Crippen molar-refractivity contribution >= 4 is 34.7 Å². The molecular weight excluding hydrogens is 273 g/mol. The van der Waals surface area contributed by atoms with Gasteiger partial charge in [0, 0.05) is 31.4 Å². The van der Waals surface area contributed by atoms with Crippen LogP contribution in [0.1, 0.15) is 11.6 Å². The second kappa shape index (κ2) is 5.86. The van der Waals surface area contributed by atoms with Crippen LogP contribution in [-0.2, 0) is 16.9 Å².